The second-order valence-corrected chi connectivity index (χ2v) is 5.24. The summed E-state index contributed by atoms with van der Waals surface area (Å²) in [6.45, 7) is 1.92. The van der Waals surface area contributed by atoms with Gasteiger partial charge in [-0.1, -0.05) is 15.9 Å². The lowest BCUT2D eigenvalue weighted by molar-refractivity contribution is 0.0927. The second kappa shape index (κ2) is 5.17. The molecule has 0 amide bonds. The van der Waals surface area contributed by atoms with E-state index in [0.717, 1.165) is 36.0 Å². The zero-order valence-corrected chi connectivity index (χ0v) is 10.7. The highest BCUT2D eigenvalue weighted by Crippen LogP contribution is 2.32. The van der Waals surface area contributed by atoms with E-state index in [9.17, 15) is 5.11 Å². The second-order valence-electron chi connectivity index (χ2n) is 4.32. The fraction of sp³-hybridized carbons (Fsp3) is 0.500. The van der Waals surface area contributed by atoms with Gasteiger partial charge in [0.2, 0.25) is 0 Å². The minimum absolute atomic E-state index is 0.269. The van der Waals surface area contributed by atoms with Gasteiger partial charge in [0.25, 0.3) is 0 Å². The van der Waals surface area contributed by atoms with Gasteiger partial charge in [-0.05, 0) is 37.6 Å². The number of nitrogens with two attached hydrogens (primary N) is 1. The quantitative estimate of drug-likeness (QED) is 0.729. The Hall–Kier alpha value is -0.580. The first-order valence-electron chi connectivity index (χ1n) is 5.62. The summed E-state index contributed by atoms with van der Waals surface area (Å²) in [4.78, 5) is 0. The molecule has 0 spiro atoms. The molecule has 1 aliphatic rings. The molecule has 1 aliphatic heterocycles. The van der Waals surface area contributed by atoms with Crippen LogP contribution in [-0.4, -0.2) is 18.2 Å². The van der Waals surface area contributed by atoms with Crippen LogP contribution in [0.3, 0.4) is 0 Å². The van der Waals surface area contributed by atoms with Crippen LogP contribution in [0.1, 0.15) is 24.5 Å². The molecule has 2 rings (SSSR count). The van der Waals surface area contributed by atoms with Crippen molar-refractivity contribution in [3.63, 3.8) is 0 Å². The number of nitrogen functional groups attached to an aromatic ring is 1. The fourth-order valence-corrected chi connectivity index (χ4v) is 2.58. The molecule has 1 fully saturated rings. The van der Waals surface area contributed by atoms with Crippen LogP contribution in [0.4, 0.5) is 5.69 Å². The summed E-state index contributed by atoms with van der Waals surface area (Å²) in [5.41, 5.74) is 7.40. The molecule has 2 atom stereocenters. The van der Waals surface area contributed by atoms with Crippen molar-refractivity contribution in [1.29, 1.82) is 0 Å². The van der Waals surface area contributed by atoms with E-state index in [1.54, 1.807) is 0 Å². The molecular weight excluding hydrogens is 268 g/mol. The van der Waals surface area contributed by atoms with Crippen molar-refractivity contribution in [3.05, 3.63) is 28.2 Å². The molecule has 0 radical (unpaired) electrons. The molecule has 1 aromatic rings. The Kier molecular flexibility index (Phi) is 3.84. The maximum atomic E-state index is 10.3. The van der Waals surface area contributed by atoms with Crippen LogP contribution in [0.25, 0.3) is 0 Å². The summed E-state index contributed by atoms with van der Waals surface area (Å²) in [6.07, 6.45) is 1.71. The number of rotatable bonds is 2. The van der Waals surface area contributed by atoms with Crippen LogP contribution < -0.4 is 11.1 Å². The largest absolute Gasteiger partial charge is 0.398 e. The predicted octanol–water partition coefficient (Wildman–Crippen LogP) is 2.06. The molecular formula is C12H17BrN2O. The van der Waals surface area contributed by atoms with Crippen LogP contribution in [0, 0.1) is 5.92 Å². The Bertz CT molecular complexity index is 364. The Labute approximate surface area is 104 Å². The highest BCUT2D eigenvalue weighted by molar-refractivity contribution is 9.10. The Balaban J connectivity index is 2.18. The summed E-state index contributed by atoms with van der Waals surface area (Å²) >= 11 is 3.41. The summed E-state index contributed by atoms with van der Waals surface area (Å²) in [5, 5.41) is 13.6. The zero-order chi connectivity index (χ0) is 11.5. The fourth-order valence-electron chi connectivity index (χ4n) is 2.20. The number of hydrogen-bond acceptors (Lipinski definition) is 3. The highest BCUT2D eigenvalue weighted by Gasteiger charge is 2.24. The average molecular weight is 285 g/mol. The van der Waals surface area contributed by atoms with E-state index in [1.807, 2.05) is 18.2 Å². The van der Waals surface area contributed by atoms with Gasteiger partial charge in [-0.25, -0.2) is 0 Å². The van der Waals surface area contributed by atoms with Crippen LogP contribution in [-0.2, 0) is 0 Å². The monoisotopic (exact) mass is 284 g/mol. The van der Waals surface area contributed by atoms with Gasteiger partial charge in [0, 0.05) is 28.2 Å². The van der Waals surface area contributed by atoms with E-state index >= 15 is 0 Å². The first kappa shape index (κ1) is 11.9. The minimum Gasteiger partial charge on any atom is -0.398 e. The van der Waals surface area contributed by atoms with Crippen molar-refractivity contribution < 1.29 is 5.11 Å². The van der Waals surface area contributed by atoms with Crippen LogP contribution in [0.15, 0.2) is 22.7 Å². The third-order valence-corrected chi connectivity index (χ3v) is 3.64. The molecule has 3 nitrogen and oxygen atoms in total. The smallest absolute Gasteiger partial charge is 0.0850 e. The van der Waals surface area contributed by atoms with Gasteiger partial charge in [0.05, 0.1) is 6.10 Å². The average Bonchev–Trinajstić information content (AvgIpc) is 2.32. The lowest BCUT2D eigenvalue weighted by Gasteiger charge is -2.28. The van der Waals surface area contributed by atoms with Crippen LogP contribution in [0.2, 0.25) is 0 Å². The van der Waals surface area contributed by atoms with Crippen molar-refractivity contribution in [3.8, 4) is 0 Å². The van der Waals surface area contributed by atoms with Gasteiger partial charge in [0.1, 0.15) is 0 Å². The molecule has 1 heterocycles. The summed E-state index contributed by atoms with van der Waals surface area (Å²) in [6, 6.07) is 5.64. The Morgan fingerprint density at radius 1 is 1.50 bits per heavy atom. The molecule has 88 valence electrons. The number of piperidine rings is 1. The number of benzene rings is 1. The predicted molar refractivity (Wildman–Crippen MR) is 69.1 cm³/mol. The lowest BCUT2D eigenvalue weighted by atomic mass is 9.89. The van der Waals surface area contributed by atoms with Crippen molar-refractivity contribution in [2.75, 3.05) is 18.8 Å². The zero-order valence-electron chi connectivity index (χ0n) is 9.12. The molecule has 1 saturated heterocycles. The normalized spacial score (nSPS) is 23.0. The van der Waals surface area contributed by atoms with Crippen molar-refractivity contribution >= 4 is 21.6 Å². The third kappa shape index (κ3) is 2.56. The van der Waals surface area contributed by atoms with Gasteiger partial charge < -0.3 is 16.2 Å². The molecule has 1 aromatic carbocycles. The van der Waals surface area contributed by atoms with Crippen molar-refractivity contribution in [1.82, 2.24) is 5.32 Å². The van der Waals surface area contributed by atoms with Gasteiger partial charge in [-0.15, -0.1) is 0 Å². The summed E-state index contributed by atoms with van der Waals surface area (Å²) < 4.78 is 0.958. The van der Waals surface area contributed by atoms with Crippen LogP contribution in [0.5, 0.6) is 0 Å². The highest BCUT2D eigenvalue weighted by atomic mass is 79.9. The van der Waals surface area contributed by atoms with E-state index in [1.165, 1.54) is 0 Å². The van der Waals surface area contributed by atoms with E-state index in [2.05, 4.69) is 21.2 Å². The molecule has 16 heavy (non-hydrogen) atoms. The molecule has 4 N–H and O–H groups in total. The lowest BCUT2D eigenvalue weighted by Crippen LogP contribution is -2.33. The topological polar surface area (TPSA) is 58.3 Å². The Morgan fingerprint density at radius 2 is 2.31 bits per heavy atom. The van der Waals surface area contributed by atoms with Gasteiger partial charge in [-0.2, -0.15) is 0 Å². The third-order valence-electron chi connectivity index (χ3n) is 3.15. The van der Waals surface area contributed by atoms with Gasteiger partial charge in [-0.3, -0.25) is 0 Å². The minimum atomic E-state index is -0.467. The van der Waals surface area contributed by atoms with Gasteiger partial charge in [0.15, 0.2) is 0 Å². The van der Waals surface area contributed by atoms with E-state index in [0.29, 0.717) is 5.69 Å². The maximum Gasteiger partial charge on any atom is 0.0850 e. The number of aliphatic hydroxyl groups excluding tert-OH is 1. The summed E-state index contributed by atoms with van der Waals surface area (Å²) in [7, 11) is 0. The molecule has 0 bridgehead atoms. The molecule has 4 heteroatoms. The standard InChI is InChI=1S/C12H17BrN2O/c13-9-3-4-11(14)10(6-9)12(16)8-2-1-5-15-7-8/h3-4,6,8,12,15-16H,1-2,5,7,14H2. The number of hydrogen-bond donors (Lipinski definition) is 3. The summed E-state index contributed by atoms with van der Waals surface area (Å²) in [5.74, 6) is 0.269. The SMILES string of the molecule is Nc1ccc(Br)cc1C(O)C1CCCNC1. The van der Waals surface area contributed by atoms with E-state index in [-0.39, 0.29) is 5.92 Å². The number of halogens is 1. The van der Waals surface area contributed by atoms with Gasteiger partial charge >= 0.3 is 0 Å². The molecule has 2 unspecified atom stereocenters. The van der Waals surface area contributed by atoms with Crippen molar-refractivity contribution in [2.24, 2.45) is 5.92 Å². The van der Waals surface area contributed by atoms with Crippen molar-refractivity contribution in [2.45, 2.75) is 18.9 Å². The number of nitrogens with one attached hydrogen (secondary N) is 1. The molecule has 0 saturated carbocycles. The first-order chi connectivity index (χ1) is 7.68. The van der Waals surface area contributed by atoms with Crippen LogP contribution >= 0.6 is 15.9 Å². The van der Waals surface area contributed by atoms with E-state index in [4.69, 9.17) is 5.73 Å². The Morgan fingerprint density at radius 3 is 3.00 bits per heavy atom. The number of anilines is 1. The number of aliphatic hydroxyl groups is 1. The molecule has 0 aliphatic carbocycles. The molecule has 0 aromatic heterocycles. The maximum absolute atomic E-state index is 10.3. The van der Waals surface area contributed by atoms with E-state index < -0.39 is 6.10 Å². The first-order valence-corrected chi connectivity index (χ1v) is 6.41.